The minimum Gasteiger partial charge on any atom is -0.340 e. The molecule has 0 saturated heterocycles. The molecule has 6 nitrogen and oxygen atoms in total. The molecule has 1 unspecified atom stereocenters. The lowest BCUT2D eigenvalue weighted by Gasteiger charge is -2.29. The maximum absolute atomic E-state index is 13.7. The molecule has 3 heterocycles. The number of hydrogen-bond acceptors (Lipinski definition) is 6. The van der Waals surface area contributed by atoms with Crippen molar-refractivity contribution in [3.8, 4) is 0 Å². The van der Waals surface area contributed by atoms with E-state index in [9.17, 15) is 4.39 Å². The summed E-state index contributed by atoms with van der Waals surface area (Å²) in [6.07, 6.45) is 3.63. The van der Waals surface area contributed by atoms with E-state index >= 15 is 0 Å². The third kappa shape index (κ3) is 4.10. The van der Waals surface area contributed by atoms with Crippen LogP contribution < -0.4 is 5.32 Å². The number of nitrogens with one attached hydrogen (secondary N) is 1. The zero-order valence-electron chi connectivity index (χ0n) is 16.2. The molecular formula is C20H20ClFN6S. The van der Waals surface area contributed by atoms with Crippen LogP contribution in [0.4, 0.5) is 4.39 Å². The van der Waals surface area contributed by atoms with Gasteiger partial charge in [0, 0.05) is 53.2 Å². The van der Waals surface area contributed by atoms with Crippen LogP contribution in [0.2, 0.25) is 5.02 Å². The summed E-state index contributed by atoms with van der Waals surface area (Å²) in [6.45, 7) is 0.644. The lowest BCUT2D eigenvalue weighted by Crippen LogP contribution is -2.35. The summed E-state index contributed by atoms with van der Waals surface area (Å²) < 4.78 is 15.5. The van der Waals surface area contributed by atoms with Crippen LogP contribution in [0.1, 0.15) is 22.3 Å². The number of nitrogens with zero attached hydrogens (tertiary/aromatic N) is 5. The summed E-state index contributed by atoms with van der Waals surface area (Å²) in [5.41, 5.74) is 3.39. The van der Waals surface area contributed by atoms with E-state index in [0.717, 1.165) is 27.5 Å². The fraction of sp³-hybridized carbons (Fsp3) is 0.250. The summed E-state index contributed by atoms with van der Waals surface area (Å²) in [4.78, 5) is 11.4. The zero-order valence-corrected chi connectivity index (χ0v) is 17.8. The molecule has 150 valence electrons. The SMILES string of the molecule is CN(C)CC1=C(c2ccn(C)n2)C(c2ccc(F)cc2Cl)N=C(c2nccs2)N1. The highest BCUT2D eigenvalue weighted by molar-refractivity contribution is 7.11. The van der Waals surface area contributed by atoms with Crippen molar-refractivity contribution in [3.05, 3.63) is 74.8 Å². The zero-order chi connectivity index (χ0) is 20.5. The third-order valence-electron chi connectivity index (χ3n) is 4.48. The molecule has 0 amide bonds. The predicted molar refractivity (Wildman–Crippen MR) is 115 cm³/mol. The second-order valence-corrected chi connectivity index (χ2v) is 8.31. The number of amidine groups is 1. The van der Waals surface area contributed by atoms with Gasteiger partial charge in [-0.05, 0) is 32.3 Å². The van der Waals surface area contributed by atoms with Crippen LogP contribution in [0.5, 0.6) is 0 Å². The van der Waals surface area contributed by atoms with Crippen molar-refractivity contribution in [2.75, 3.05) is 20.6 Å². The Kier molecular flexibility index (Phi) is 5.49. The van der Waals surface area contributed by atoms with Gasteiger partial charge in [-0.15, -0.1) is 11.3 Å². The smallest absolute Gasteiger partial charge is 0.163 e. The van der Waals surface area contributed by atoms with Crippen LogP contribution in [0.15, 0.2) is 52.7 Å². The fourth-order valence-corrected chi connectivity index (χ4v) is 4.15. The van der Waals surface area contributed by atoms with E-state index in [1.807, 2.05) is 38.8 Å². The van der Waals surface area contributed by atoms with Gasteiger partial charge in [0.05, 0.1) is 5.69 Å². The number of aryl methyl sites for hydroxylation is 1. The van der Waals surface area contributed by atoms with E-state index in [2.05, 4.69) is 20.3 Å². The molecule has 3 aromatic rings. The summed E-state index contributed by atoms with van der Waals surface area (Å²) in [7, 11) is 5.87. The topological polar surface area (TPSA) is 58.3 Å². The molecule has 0 fully saturated rings. The molecule has 2 aromatic heterocycles. The Balaban J connectivity index is 1.92. The minimum atomic E-state index is -0.437. The molecule has 0 aliphatic carbocycles. The molecule has 1 aliphatic rings. The van der Waals surface area contributed by atoms with Crippen molar-refractivity contribution in [1.82, 2.24) is 25.0 Å². The molecule has 0 bridgehead atoms. The maximum Gasteiger partial charge on any atom is 0.163 e. The molecule has 0 radical (unpaired) electrons. The molecule has 1 N–H and O–H groups in total. The van der Waals surface area contributed by atoms with E-state index in [1.54, 1.807) is 16.9 Å². The largest absolute Gasteiger partial charge is 0.340 e. The Labute approximate surface area is 177 Å². The highest BCUT2D eigenvalue weighted by Crippen LogP contribution is 2.40. The van der Waals surface area contributed by atoms with Gasteiger partial charge in [0.2, 0.25) is 0 Å². The van der Waals surface area contributed by atoms with Crippen LogP contribution in [0, 0.1) is 5.82 Å². The van der Waals surface area contributed by atoms with Crippen molar-refractivity contribution >= 4 is 34.3 Å². The van der Waals surface area contributed by atoms with Crippen LogP contribution in [-0.4, -0.2) is 46.1 Å². The summed E-state index contributed by atoms with van der Waals surface area (Å²) in [6, 6.07) is 5.92. The van der Waals surface area contributed by atoms with Crippen molar-refractivity contribution in [2.24, 2.45) is 12.0 Å². The second-order valence-electron chi connectivity index (χ2n) is 7.01. The van der Waals surface area contributed by atoms with E-state index in [-0.39, 0.29) is 5.82 Å². The number of aliphatic imine (C=N–C) groups is 1. The Morgan fingerprint density at radius 3 is 2.76 bits per heavy atom. The lowest BCUT2D eigenvalue weighted by molar-refractivity contribution is 0.438. The van der Waals surface area contributed by atoms with E-state index in [4.69, 9.17) is 16.6 Å². The molecule has 1 aliphatic heterocycles. The first kappa shape index (κ1) is 19.8. The van der Waals surface area contributed by atoms with Crippen molar-refractivity contribution in [1.29, 1.82) is 0 Å². The van der Waals surface area contributed by atoms with Crippen LogP contribution in [0.3, 0.4) is 0 Å². The normalized spacial score (nSPS) is 16.9. The monoisotopic (exact) mass is 430 g/mol. The lowest BCUT2D eigenvalue weighted by atomic mass is 9.93. The molecule has 4 rings (SSSR count). The Bertz CT molecular complexity index is 1090. The number of benzene rings is 1. The number of halogens is 2. The van der Waals surface area contributed by atoms with E-state index in [1.165, 1.54) is 23.5 Å². The van der Waals surface area contributed by atoms with Crippen LogP contribution in [0.25, 0.3) is 5.57 Å². The van der Waals surface area contributed by atoms with Gasteiger partial charge < -0.3 is 10.2 Å². The summed E-state index contributed by atoms with van der Waals surface area (Å²) in [5.74, 6) is 0.288. The molecular weight excluding hydrogens is 411 g/mol. The van der Waals surface area contributed by atoms with Gasteiger partial charge in [-0.25, -0.2) is 9.37 Å². The highest BCUT2D eigenvalue weighted by Gasteiger charge is 2.31. The molecule has 29 heavy (non-hydrogen) atoms. The summed E-state index contributed by atoms with van der Waals surface area (Å²) in [5, 5.41) is 11.1. The van der Waals surface area contributed by atoms with E-state index in [0.29, 0.717) is 17.4 Å². The standard InChI is InChI=1S/C20H20ClFN6S/c1-27(2)11-16-17(15-6-8-28(3)26-15)18(13-5-4-12(22)10-14(13)21)25-19(24-16)20-23-7-9-29-20/h4-10,18H,11H2,1-3H3,(H,24,25). The minimum absolute atomic E-state index is 0.330. The molecule has 0 spiro atoms. The predicted octanol–water partition coefficient (Wildman–Crippen LogP) is 3.73. The van der Waals surface area contributed by atoms with E-state index < -0.39 is 6.04 Å². The number of thiazole rings is 1. The third-order valence-corrected chi connectivity index (χ3v) is 5.59. The Hall–Kier alpha value is -2.55. The van der Waals surface area contributed by atoms with Crippen molar-refractivity contribution < 1.29 is 4.39 Å². The van der Waals surface area contributed by atoms with Gasteiger partial charge in [-0.2, -0.15) is 5.10 Å². The molecule has 9 heteroatoms. The van der Waals surface area contributed by atoms with Crippen molar-refractivity contribution in [2.45, 2.75) is 6.04 Å². The van der Waals surface area contributed by atoms with Gasteiger partial charge in [0.15, 0.2) is 10.8 Å². The average molecular weight is 431 g/mol. The van der Waals surface area contributed by atoms with Gasteiger partial charge >= 0.3 is 0 Å². The first-order valence-corrected chi connectivity index (χ1v) is 10.3. The number of rotatable bonds is 5. The Morgan fingerprint density at radius 1 is 1.31 bits per heavy atom. The fourth-order valence-electron chi connectivity index (χ4n) is 3.29. The average Bonchev–Trinajstić information content (AvgIpc) is 3.32. The molecule has 0 saturated carbocycles. The highest BCUT2D eigenvalue weighted by atomic mass is 35.5. The first-order valence-electron chi connectivity index (χ1n) is 9.00. The van der Waals surface area contributed by atoms with Gasteiger partial charge in [-0.1, -0.05) is 17.7 Å². The van der Waals surface area contributed by atoms with Gasteiger partial charge in [-0.3, -0.25) is 9.67 Å². The number of likely N-dealkylation sites (N-methyl/N-ethyl adjacent to an activating group) is 1. The van der Waals surface area contributed by atoms with Crippen molar-refractivity contribution in [3.63, 3.8) is 0 Å². The van der Waals surface area contributed by atoms with Crippen LogP contribution >= 0.6 is 22.9 Å². The second kappa shape index (κ2) is 8.06. The first-order chi connectivity index (χ1) is 13.9. The van der Waals surface area contributed by atoms with Gasteiger partial charge in [0.25, 0.3) is 0 Å². The summed E-state index contributed by atoms with van der Waals surface area (Å²) >= 11 is 7.95. The number of aromatic nitrogens is 3. The molecule has 1 atom stereocenters. The quantitative estimate of drug-likeness (QED) is 0.670. The Morgan fingerprint density at radius 2 is 2.14 bits per heavy atom. The maximum atomic E-state index is 13.7. The number of hydrogen-bond donors (Lipinski definition) is 1. The van der Waals surface area contributed by atoms with Gasteiger partial charge in [0.1, 0.15) is 11.9 Å². The van der Waals surface area contributed by atoms with Crippen LogP contribution in [-0.2, 0) is 7.05 Å². The molecule has 1 aromatic carbocycles.